The standard InChI is InChI=1S/C26H26N2O6S/c1-3-15-13-16-22(30)20(25-27-18-7-5-6-8-19(18)35-25)24(26(31)33-4-2)34-23(16)17(21(15)29)14-28-9-11-32-12-10-28/h5-8,13,29H,3-4,9-12,14H2,1-2H3. The maximum Gasteiger partial charge on any atom is 0.375 e. The van der Waals surface area contributed by atoms with E-state index in [4.69, 9.17) is 13.9 Å². The lowest BCUT2D eigenvalue weighted by atomic mass is 10.00. The van der Waals surface area contributed by atoms with Crippen molar-refractivity contribution in [2.24, 2.45) is 0 Å². The molecule has 0 atom stereocenters. The lowest BCUT2D eigenvalue weighted by Crippen LogP contribution is -2.35. The first-order valence-corrected chi connectivity index (χ1v) is 12.5. The van der Waals surface area contributed by atoms with Gasteiger partial charge in [-0.05, 0) is 37.1 Å². The van der Waals surface area contributed by atoms with E-state index in [1.807, 2.05) is 31.2 Å². The second kappa shape index (κ2) is 9.77. The van der Waals surface area contributed by atoms with Crippen LogP contribution in [0, 0.1) is 0 Å². The summed E-state index contributed by atoms with van der Waals surface area (Å²) >= 11 is 1.32. The molecule has 0 unspecified atom stereocenters. The van der Waals surface area contributed by atoms with E-state index in [-0.39, 0.29) is 34.7 Å². The lowest BCUT2D eigenvalue weighted by Gasteiger charge is -2.27. The van der Waals surface area contributed by atoms with E-state index >= 15 is 0 Å². The number of ether oxygens (including phenoxy) is 2. The summed E-state index contributed by atoms with van der Waals surface area (Å²) < 4.78 is 17.7. The molecule has 0 radical (unpaired) electrons. The zero-order valence-electron chi connectivity index (χ0n) is 19.6. The van der Waals surface area contributed by atoms with Crippen LogP contribution in [0.5, 0.6) is 5.75 Å². The van der Waals surface area contributed by atoms with Gasteiger partial charge in [-0.25, -0.2) is 9.78 Å². The van der Waals surface area contributed by atoms with Crippen LogP contribution in [0.1, 0.15) is 35.5 Å². The Morgan fingerprint density at radius 1 is 1.23 bits per heavy atom. The number of phenols is 1. The lowest BCUT2D eigenvalue weighted by molar-refractivity contribution is 0.0339. The molecule has 3 heterocycles. The van der Waals surface area contributed by atoms with Gasteiger partial charge in [0, 0.05) is 19.6 Å². The molecule has 1 N–H and O–H groups in total. The molecule has 1 aliphatic rings. The molecule has 35 heavy (non-hydrogen) atoms. The number of rotatable bonds is 6. The van der Waals surface area contributed by atoms with Crippen molar-refractivity contribution in [1.29, 1.82) is 0 Å². The molecule has 8 nitrogen and oxygen atoms in total. The van der Waals surface area contributed by atoms with Crippen molar-refractivity contribution in [2.45, 2.75) is 26.8 Å². The van der Waals surface area contributed by atoms with Gasteiger partial charge >= 0.3 is 5.97 Å². The topological polar surface area (TPSA) is 102 Å². The molecule has 2 aromatic carbocycles. The molecule has 1 saturated heterocycles. The number of para-hydroxylation sites is 1. The monoisotopic (exact) mass is 494 g/mol. The van der Waals surface area contributed by atoms with Crippen molar-refractivity contribution >= 4 is 38.5 Å². The zero-order chi connectivity index (χ0) is 24.5. The molecule has 1 fully saturated rings. The Balaban J connectivity index is 1.79. The Labute approximate surface area is 205 Å². The minimum Gasteiger partial charge on any atom is -0.507 e. The number of benzene rings is 2. The van der Waals surface area contributed by atoms with Gasteiger partial charge in [-0.3, -0.25) is 9.69 Å². The van der Waals surface area contributed by atoms with Gasteiger partial charge in [0.15, 0.2) is 0 Å². The average molecular weight is 495 g/mol. The Bertz CT molecular complexity index is 1440. The fourth-order valence-corrected chi connectivity index (χ4v) is 5.37. The van der Waals surface area contributed by atoms with Crippen LogP contribution in [0.4, 0.5) is 0 Å². The number of aryl methyl sites for hydroxylation is 1. The molecule has 0 aliphatic carbocycles. The summed E-state index contributed by atoms with van der Waals surface area (Å²) in [7, 11) is 0. The van der Waals surface area contributed by atoms with Crippen LogP contribution in [0.15, 0.2) is 39.5 Å². The Kier molecular flexibility index (Phi) is 6.55. The number of hydrogen-bond donors (Lipinski definition) is 1. The highest BCUT2D eigenvalue weighted by molar-refractivity contribution is 7.21. The smallest absolute Gasteiger partial charge is 0.375 e. The second-order valence-electron chi connectivity index (χ2n) is 8.32. The van der Waals surface area contributed by atoms with Gasteiger partial charge in [-0.1, -0.05) is 19.1 Å². The van der Waals surface area contributed by atoms with E-state index in [0.29, 0.717) is 60.8 Å². The van der Waals surface area contributed by atoms with Crippen LogP contribution in [-0.2, 0) is 22.4 Å². The number of aromatic hydroxyl groups is 1. The molecule has 0 bridgehead atoms. The van der Waals surface area contributed by atoms with Crippen molar-refractivity contribution < 1.29 is 23.8 Å². The third-order valence-electron chi connectivity index (χ3n) is 6.17. The van der Waals surface area contributed by atoms with Crippen molar-refractivity contribution in [3.8, 4) is 16.3 Å². The van der Waals surface area contributed by atoms with E-state index in [1.54, 1.807) is 13.0 Å². The van der Waals surface area contributed by atoms with E-state index < -0.39 is 5.97 Å². The number of carbonyl (C=O) groups is 1. The third-order valence-corrected chi connectivity index (χ3v) is 7.22. The first-order chi connectivity index (χ1) is 17.0. The normalized spacial score (nSPS) is 14.6. The molecule has 2 aromatic heterocycles. The van der Waals surface area contributed by atoms with Gasteiger partial charge in [0.1, 0.15) is 21.9 Å². The van der Waals surface area contributed by atoms with E-state index in [0.717, 1.165) is 10.2 Å². The number of morpholine rings is 1. The van der Waals surface area contributed by atoms with Gasteiger partial charge < -0.3 is 19.0 Å². The number of nitrogens with zero attached hydrogens (tertiary/aromatic N) is 2. The van der Waals surface area contributed by atoms with E-state index in [9.17, 15) is 14.7 Å². The fraction of sp³-hybridized carbons (Fsp3) is 0.346. The number of phenolic OH excluding ortho intramolecular Hbond substituents is 1. The van der Waals surface area contributed by atoms with Crippen LogP contribution >= 0.6 is 11.3 Å². The van der Waals surface area contributed by atoms with Gasteiger partial charge in [0.2, 0.25) is 11.2 Å². The number of hydrogen-bond acceptors (Lipinski definition) is 9. The van der Waals surface area contributed by atoms with Crippen molar-refractivity contribution in [2.75, 3.05) is 32.9 Å². The molecule has 5 rings (SSSR count). The first-order valence-electron chi connectivity index (χ1n) is 11.7. The number of esters is 1. The molecule has 0 saturated carbocycles. The second-order valence-corrected chi connectivity index (χ2v) is 9.35. The molecule has 182 valence electrons. The third kappa shape index (κ3) is 4.31. The number of thiazole rings is 1. The van der Waals surface area contributed by atoms with Crippen molar-refractivity contribution in [3.05, 3.63) is 57.4 Å². The molecule has 4 aromatic rings. The van der Waals surface area contributed by atoms with E-state index in [2.05, 4.69) is 9.88 Å². The van der Waals surface area contributed by atoms with Gasteiger partial charge in [0.05, 0.1) is 41.0 Å². The summed E-state index contributed by atoms with van der Waals surface area (Å²) in [6.07, 6.45) is 0.535. The SMILES string of the molecule is CCOC(=O)c1oc2c(CN3CCOCC3)c(O)c(CC)cc2c(=O)c1-c1nc2ccccc2s1. The van der Waals surface area contributed by atoms with Crippen LogP contribution in [-0.4, -0.2) is 53.9 Å². The minimum atomic E-state index is -0.739. The Morgan fingerprint density at radius 3 is 2.71 bits per heavy atom. The summed E-state index contributed by atoms with van der Waals surface area (Å²) in [5, 5.41) is 11.8. The first kappa shape index (κ1) is 23.5. The summed E-state index contributed by atoms with van der Waals surface area (Å²) in [5.41, 5.74) is 1.78. The minimum absolute atomic E-state index is 0.0807. The maximum absolute atomic E-state index is 13.9. The van der Waals surface area contributed by atoms with Gasteiger partial charge in [-0.15, -0.1) is 11.3 Å². The molecule has 0 amide bonds. The Morgan fingerprint density at radius 2 is 2.00 bits per heavy atom. The highest BCUT2D eigenvalue weighted by Crippen LogP contribution is 2.37. The summed E-state index contributed by atoms with van der Waals surface area (Å²) in [6, 6.07) is 9.19. The van der Waals surface area contributed by atoms with Crippen LogP contribution in [0.2, 0.25) is 0 Å². The Hall–Kier alpha value is -3.27. The average Bonchev–Trinajstić information content (AvgIpc) is 3.30. The molecule has 1 aliphatic heterocycles. The highest BCUT2D eigenvalue weighted by Gasteiger charge is 2.28. The quantitative estimate of drug-likeness (QED) is 0.395. The van der Waals surface area contributed by atoms with Crippen LogP contribution < -0.4 is 5.43 Å². The van der Waals surface area contributed by atoms with Crippen molar-refractivity contribution in [1.82, 2.24) is 9.88 Å². The number of aromatic nitrogens is 1. The van der Waals surface area contributed by atoms with Crippen LogP contribution in [0.3, 0.4) is 0 Å². The summed E-state index contributed by atoms with van der Waals surface area (Å²) in [4.78, 5) is 33.7. The summed E-state index contributed by atoms with van der Waals surface area (Å²) in [5.74, 6) is -0.857. The predicted octanol–water partition coefficient (Wildman–Crippen LogP) is 4.35. The number of carbonyl (C=O) groups excluding carboxylic acids is 1. The zero-order valence-corrected chi connectivity index (χ0v) is 20.4. The van der Waals surface area contributed by atoms with E-state index in [1.165, 1.54) is 11.3 Å². The molecule has 9 heteroatoms. The van der Waals surface area contributed by atoms with Gasteiger partial charge in [-0.2, -0.15) is 0 Å². The number of fused-ring (bicyclic) bond motifs is 2. The maximum atomic E-state index is 13.9. The molecular weight excluding hydrogens is 468 g/mol. The van der Waals surface area contributed by atoms with Gasteiger partial charge in [0.25, 0.3) is 0 Å². The highest BCUT2D eigenvalue weighted by atomic mass is 32.1. The molecular formula is C26H26N2O6S. The predicted molar refractivity (Wildman–Crippen MR) is 134 cm³/mol. The van der Waals surface area contributed by atoms with Crippen LogP contribution in [0.25, 0.3) is 31.8 Å². The van der Waals surface area contributed by atoms with Crippen molar-refractivity contribution in [3.63, 3.8) is 0 Å². The largest absolute Gasteiger partial charge is 0.507 e. The summed E-state index contributed by atoms with van der Waals surface area (Å²) in [6.45, 7) is 6.66. The molecule has 0 spiro atoms. The fourth-order valence-electron chi connectivity index (χ4n) is 4.36.